The molecular weight excluding hydrogens is 92.1 g/mol. The van der Waals surface area contributed by atoms with Gasteiger partial charge in [-0.2, -0.15) is 0 Å². The number of fused-ring (bicyclic) bond motifs is 1. The van der Waals surface area contributed by atoms with E-state index in [1.807, 2.05) is 0 Å². The van der Waals surface area contributed by atoms with Gasteiger partial charge in [0.1, 0.15) is 0 Å². The summed E-state index contributed by atoms with van der Waals surface area (Å²) in [5.74, 6) is 0.963. The zero-order chi connectivity index (χ0) is 5.02. The Bertz CT molecular complexity index is 90.3. The SMILES string of the molecule is OC1C(O)[C@@H]2C[C@H]12. The third-order valence-corrected chi connectivity index (χ3v) is 2.12. The Balaban J connectivity index is 2.09. The average Bonchev–Trinajstić information content (AvgIpc) is 2.39. The molecule has 2 aliphatic rings. The maximum absolute atomic E-state index is 8.78. The minimum Gasteiger partial charge on any atom is -0.390 e. The molecule has 0 amide bonds. The van der Waals surface area contributed by atoms with Crippen molar-refractivity contribution < 1.29 is 10.2 Å². The number of aliphatic hydroxyl groups is 2. The van der Waals surface area contributed by atoms with Gasteiger partial charge >= 0.3 is 0 Å². The third-order valence-electron chi connectivity index (χ3n) is 2.12. The topological polar surface area (TPSA) is 40.5 Å². The maximum atomic E-state index is 8.78. The van der Waals surface area contributed by atoms with E-state index in [0.29, 0.717) is 11.8 Å². The van der Waals surface area contributed by atoms with E-state index in [1.165, 1.54) is 0 Å². The van der Waals surface area contributed by atoms with E-state index in [4.69, 9.17) is 10.2 Å². The largest absolute Gasteiger partial charge is 0.390 e. The minimum absolute atomic E-state index is 0.370. The van der Waals surface area contributed by atoms with Gasteiger partial charge in [0.2, 0.25) is 0 Å². The second-order valence-corrected chi connectivity index (χ2v) is 2.54. The number of aliphatic hydroxyl groups excluding tert-OH is 2. The first-order valence-electron chi connectivity index (χ1n) is 2.67. The van der Waals surface area contributed by atoms with Crippen LogP contribution in [0, 0.1) is 11.8 Å². The summed E-state index contributed by atoms with van der Waals surface area (Å²) >= 11 is 0. The van der Waals surface area contributed by atoms with Gasteiger partial charge in [-0.1, -0.05) is 0 Å². The lowest BCUT2D eigenvalue weighted by Crippen LogP contribution is -2.39. The Morgan fingerprint density at radius 2 is 1.43 bits per heavy atom. The Kier molecular flexibility index (Phi) is 0.474. The van der Waals surface area contributed by atoms with Crippen molar-refractivity contribution in [1.29, 1.82) is 0 Å². The van der Waals surface area contributed by atoms with E-state index < -0.39 is 0 Å². The highest BCUT2D eigenvalue weighted by atomic mass is 16.3. The zero-order valence-electron chi connectivity index (χ0n) is 3.91. The molecule has 0 aromatic carbocycles. The van der Waals surface area contributed by atoms with Crippen LogP contribution in [0.3, 0.4) is 0 Å². The third kappa shape index (κ3) is 0.283. The summed E-state index contributed by atoms with van der Waals surface area (Å²) in [7, 11) is 0. The molecule has 2 fully saturated rings. The summed E-state index contributed by atoms with van der Waals surface area (Å²) in [4.78, 5) is 0. The molecule has 2 rings (SSSR count). The van der Waals surface area contributed by atoms with Crippen LogP contribution in [0.2, 0.25) is 0 Å². The standard InChI is InChI=1S/C5H8O2/c6-4-2-1-3(2)5(4)7/h2-7H,1H2/t2-,3+,4?,5?. The summed E-state index contributed by atoms with van der Waals surface area (Å²) < 4.78 is 0. The van der Waals surface area contributed by atoms with Crippen molar-refractivity contribution in [2.45, 2.75) is 18.6 Å². The number of rotatable bonds is 0. The van der Waals surface area contributed by atoms with Gasteiger partial charge in [0, 0.05) is 0 Å². The summed E-state index contributed by atoms with van der Waals surface area (Å²) in [5, 5.41) is 17.6. The summed E-state index contributed by atoms with van der Waals surface area (Å²) in [6, 6.07) is 0. The Morgan fingerprint density at radius 1 is 1.00 bits per heavy atom. The van der Waals surface area contributed by atoms with Crippen molar-refractivity contribution in [3.05, 3.63) is 0 Å². The van der Waals surface area contributed by atoms with E-state index in [9.17, 15) is 0 Å². The highest BCUT2D eigenvalue weighted by Gasteiger charge is 2.60. The minimum atomic E-state index is -0.370. The van der Waals surface area contributed by atoms with E-state index >= 15 is 0 Å². The lowest BCUT2D eigenvalue weighted by Gasteiger charge is -2.25. The van der Waals surface area contributed by atoms with E-state index in [1.54, 1.807) is 0 Å². The van der Waals surface area contributed by atoms with Gasteiger partial charge in [-0.25, -0.2) is 0 Å². The van der Waals surface area contributed by atoms with Crippen LogP contribution in [0.15, 0.2) is 0 Å². The molecule has 0 bridgehead atoms. The highest BCUT2D eigenvalue weighted by molar-refractivity contribution is 5.09. The molecule has 2 heteroatoms. The van der Waals surface area contributed by atoms with Crippen molar-refractivity contribution in [2.24, 2.45) is 11.8 Å². The van der Waals surface area contributed by atoms with Crippen LogP contribution in [0.1, 0.15) is 6.42 Å². The predicted molar refractivity (Wildman–Crippen MR) is 23.6 cm³/mol. The van der Waals surface area contributed by atoms with E-state index in [0.717, 1.165) is 6.42 Å². The van der Waals surface area contributed by atoms with Crippen LogP contribution in [-0.2, 0) is 0 Å². The van der Waals surface area contributed by atoms with Crippen LogP contribution in [0.5, 0.6) is 0 Å². The molecule has 2 aliphatic carbocycles. The van der Waals surface area contributed by atoms with Crippen LogP contribution >= 0.6 is 0 Å². The maximum Gasteiger partial charge on any atom is 0.0833 e. The van der Waals surface area contributed by atoms with Gasteiger partial charge in [-0.05, 0) is 18.3 Å². The number of hydrogen-bond donors (Lipinski definition) is 2. The first-order valence-corrected chi connectivity index (χ1v) is 2.67. The molecule has 0 saturated heterocycles. The van der Waals surface area contributed by atoms with Crippen molar-refractivity contribution >= 4 is 0 Å². The molecule has 0 aromatic rings. The molecule has 4 atom stereocenters. The molecule has 0 heterocycles. The molecule has 0 spiro atoms. The Morgan fingerprint density at radius 3 is 1.57 bits per heavy atom. The van der Waals surface area contributed by atoms with Crippen molar-refractivity contribution in [3.63, 3.8) is 0 Å². The lowest BCUT2D eigenvalue weighted by molar-refractivity contribution is -0.0629. The van der Waals surface area contributed by atoms with Crippen molar-refractivity contribution in [3.8, 4) is 0 Å². The highest BCUT2D eigenvalue weighted by Crippen LogP contribution is 2.55. The second kappa shape index (κ2) is 0.858. The van der Waals surface area contributed by atoms with Crippen molar-refractivity contribution in [2.75, 3.05) is 0 Å². The molecule has 0 aliphatic heterocycles. The van der Waals surface area contributed by atoms with Gasteiger partial charge in [0.15, 0.2) is 0 Å². The normalized spacial score (nSPS) is 66.0. The van der Waals surface area contributed by atoms with E-state index in [-0.39, 0.29) is 12.2 Å². The fourth-order valence-corrected chi connectivity index (χ4v) is 1.38. The molecule has 40 valence electrons. The molecule has 0 aromatic heterocycles. The van der Waals surface area contributed by atoms with E-state index in [2.05, 4.69) is 0 Å². The first kappa shape index (κ1) is 3.87. The molecule has 2 unspecified atom stereocenters. The zero-order valence-corrected chi connectivity index (χ0v) is 3.91. The van der Waals surface area contributed by atoms with Gasteiger partial charge in [0.05, 0.1) is 12.2 Å². The van der Waals surface area contributed by atoms with Crippen molar-refractivity contribution in [1.82, 2.24) is 0 Å². The predicted octanol–water partition coefficient (Wildman–Crippen LogP) is -0.642. The summed E-state index contributed by atoms with van der Waals surface area (Å²) in [6.45, 7) is 0. The second-order valence-electron chi connectivity index (χ2n) is 2.54. The molecule has 0 radical (unpaired) electrons. The monoisotopic (exact) mass is 100 g/mol. The van der Waals surface area contributed by atoms with Crippen LogP contribution < -0.4 is 0 Å². The summed E-state index contributed by atoms with van der Waals surface area (Å²) in [6.07, 6.45) is 0.317. The molecular formula is C5H8O2. The van der Waals surface area contributed by atoms with Gasteiger partial charge in [-0.3, -0.25) is 0 Å². The quantitative estimate of drug-likeness (QED) is 0.425. The molecule has 2 N–H and O–H groups in total. The smallest absolute Gasteiger partial charge is 0.0833 e. The Labute approximate surface area is 41.8 Å². The van der Waals surface area contributed by atoms with Crippen LogP contribution in [0.25, 0.3) is 0 Å². The fraction of sp³-hybridized carbons (Fsp3) is 1.00. The lowest BCUT2D eigenvalue weighted by atomic mass is 9.93. The average molecular weight is 100 g/mol. The Hall–Kier alpha value is -0.0800. The molecule has 2 nitrogen and oxygen atoms in total. The van der Waals surface area contributed by atoms with Gasteiger partial charge in [0.25, 0.3) is 0 Å². The van der Waals surface area contributed by atoms with Crippen LogP contribution in [-0.4, -0.2) is 22.4 Å². The van der Waals surface area contributed by atoms with Crippen LogP contribution in [0.4, 0.5) is 0 Å². The summed E-state index contributed by atoms with van der Waals surface area (Å²) in [5.41, 5.74) is 0. The first-order chi connectivity index (χ1) is 3.30. The van der Waals surface area contributed by atoms with Gasteiger partial charge < -0.3 is 10.2 Å². The number of hydrogen-bond acceptors (Lipinski definition) is 2. The molecule has 7 heavy (non-hydrogen) atoms. The molecule has 2 saturated carbocycles. The fourth-order valence-electron chi connectivity index (χ4n) is 1.38. The van der Waals surface area contributed by atoms with Gasteiger partial charge in [-0.15, -0.1) is 0 Å².